The number of benzene rings is 5. The van der Waals surface area contributed by atoms with Crippen molar-refractivity contribution in [1.29, 1.82) is 0 Å². The predicted octanol–water partition coefficient (Wildman–Crippen LogP) is 8.31. The molecule has 1 N–H and O–H groups in total. The van der Waals surface area contributed by atoms with Crippen molar-refractivity contribution < 1.29 is 4.79 Å². The van der Waals surface area contributed by atoms with Gasteiger partial charge in [-0.05, 0) is 40.6 Å². The van der Waals surface area contributed by atoms with E-state index in [4.69, 9.17) is 0 Å². The first-order chi connectivity index (χ1) is 17.7. The molecule has 0 aliphatic carbocycles. The summed E-state index contributed by atoms with van der Waals surface area (Å²) in [7, 11) is 0. The number of nitrogens with zero attached hydrogens (tertiary/aromatic N) is 1. The molecule has 1 fully saturated rings. The minimum atomic E-state index is -0.148. The smallest absolute Gasteiger partial charge is 0.241 e. The number of anilines is 1. The number of aromatic amines is 1. The lowest BCUT2D eigenvalue weighted by Gasteiger charge is -2.27. The van der Waals surface area contributed by atoms with Crippen molar-refractivity contribution in [3.05, 3.63) is 115 Å². The Kier molecular flexibility index (Phi) is 4.90. The summed E-state index contributed by atoms with van der Waals surface area (Å²) in [4.78, 5) is 19.7. The van der Waals surface area contributed by atoms with Crippen LogP contribution in [0.3, 0.4) is 0 Å². The fourth-order valence-electron chi connectivity index (χ4n) is 5.55. The van der Waals surface area contributed by atoms with Gasteiger partial charge in [-0.25, -0.2) is 0 Å². The Hall–Kier alpha value is -4.02. The van der Waals surface area contributed by atoms with Crippen molar-refractivity contribution in [2.45, 2.75) is 17.5 Å². The molecule has 0 bridgehead atoms. The van der Waals surface area contributed by atoms with Crippen LogP contribution >= 0.6 is 11.8 Å². The van der Waals surface area contributed by atoms with E-state index >= 15 is 0 Å². The van der Waals surface area contributed by atoms with Gasteiger partial charge < -0.3 is 4.98 Å². The van der Waals surface area contributed by atoms with Gasteiger partial charge in [0.15, 0.2) is 0 Å². The molecule has 3 nitrogen and oxygen atoms in total. The molecule has 6 aromatic rings. The van der Waals surface area contributed by atoms with Gasteiger partial charge in [-0.2, -0.15) is 0 Å². The van der Waals surface area contributed by atoms with Gasteiger partial charge in [0.2, 0.25) is 5.91 Å². The Balaban J connectivity index is 1.55. The lowest BCUT2D eigenvalue weighted by Crippen LogP contribution is -2.30. The van der Waals surface area contributed by atoms with Crippen molar-refractivity contribution in [3.8, 4) is 11.3 Å². The van der Waals surface area contributed by atoms with Crippen LogP contribution in [0.2, 0.25) is 0 Å². The van der Waals surface area contributed by atoms with Crippen LogP contribution < -0.4 is 4.90 Å². The molecule has 5 aromatic carbocycles. The molecule has 2 unspecified atom stereocenters. The minimum Gasteiger partial charge on any atom is -0.353 e. The summed E-state index contributed by atoms with van der Waals surface area (Å²) in [5.74, 6) is 0.143. The van der Waals surface area contributed by atoms with Crippen LogP contribution in [0, 0.1) is 0 Å². The molecule has 1 amide bonds. The zero-order valence-corrected chi connectivity index (χ0v) is 20.6. The number of aromatic nitrogens is 1. The molecule has 0 saturated carbocycles. The van der Waals surface area contributed by atoms with E-state index in [2.05, 4.69) is 88.7 Å². The largest absolute Gasteiger partial charge is 0.353 e. The van der Waals surface area contributed by atoms with Gasteiger partial charge in [0, 0.05) is 22.0 Å². The molecule has 0 spiro atoms. The second kappa shape index (κ2) is 8.28. The highest BCUT2D eigenvalue weighted by atomic mass is 32.2. The van der Waals surface area contributed by atoms with Crippen molar-refractivity contribution in [2.24, 2.45) is 0 Å². The van der Waals surface area contributed by atoms with Crippen molar-refractivity contribution in [2.75, 3.05) is 4.90 Å². The molecular weight excluding hydrogens is 460 g/mol. The van der Waals surface area contributed by atoms with Crippen LogP contribution in [0.1, 0.15) is 17.9 Å². The molecule has 1 aromatic heterocycles. The normalized spacial score (nSPS) is 18.0. The number of amides is 1. The van der Waals surface area contributed by atoms with E-state index in [1.807, 2.05) is 37.3 Å². The monoisotopic (exact) mass is 484 g/mol. The maximum Gasteiger partial charge on any atom is 0.241 e. The highest BCUT2D eigenvalue weighted by Gasteiger charge is 2.43. The number of H-pyrrole nitrogens is 1. The molecule has 0 radical (unpaired) electrons. The molecule has 1 saturated heterocycles. The summed E-state index contributed by atoms with van der Waals surface area (Å²) in [6, 6.07) is 37.9. The third kappa shape index (κ3) is 3.18. The van der Waals surface area contributed by atoms with E-state index < -0.39 is 0 Å². The minimum absolute atomic E-state index is 0.143. The summed E-state index contributed by atoms with van der Waals surface area (Å²) < 4.78 is 0. The summed E-state index contributed by atoms with van der Waals surface area (Å²) in [5.41, 5.74) is 5.25. The van der Waals surface area contributed by atoms with E-state index in [0.29, 0.717) is 0 Å². The van der Waals surface area contributed by atoms with Gasteiger partial charge in [-0.15, -0.1) is 11.8 Å². The Morgan fingerprint density at radius 1 is 0.722 bits per heavy atom. The molecule has 7 rings (SSSR count). The van der Waals surface area contributed by atoms with Gasteiger partial charge >= 0.3 is 0 Å². The Morgan fingerprint density at radius 3 is 2.00 bits per heavy atom. The van der Waals surface area contributed by atoms with Crippen LogP contribution in [0.15, 0.2) is 109 Å². The zero-order chi connectivity index (χ0) is 24.2. The first kappa shape index (κ1) is 21.3. The summed E-state index contributed by atoms with van der Waals surface area (Å²) in [5, 5.41) is 5.55. The Bertz CT molecular complexity index is 1720. The summed E-state index contributed by atoms with van der Waals surface area (Å²) in [6.07, 6.45) is 0. The van der Waals surface area contributed by atoms with E-state index in [1.165, 1.54) is 27.1 Å². The second-order valence-corrected chi connectivity index (χ2v) is 10.8. The zero-order valence-electron chi connectivity index (χ0n) is 19.8. The maximum atomic E-state index is 14.0. The SMILES string of the molecule is CC1SC(c2c3ccccc3cc3ccccc23)N(c2c(-c3ccccc3)[nH]c3ccccc23)C1=O. The van der Waals surface area contributed by atoms with Crippen LogP contribution in [-0.2, 0) is 4.79 Å². The van der Waals surface area contributed by atoms with Gasteiger partial charge in [-0.3, -0.25) is 9.69 Å². The maximum absolute atomic E-state index is 14.0. The van der Waals surface area contributed by atoms with E-state index in [0.717, 1.165) is 27.8 Å². The number of carbonyl (C=O) groups excluding carboxylic acids is 1. The average Bonchev–Trinajstić information content (AvgIpc) is 3.44. The van der Waals surface area contributed by atoms with E-state index in [-0.39, 0.29) is 16.5 Å². The molecule has 1 aliphatic rings. The number of carbonyl (C=O) groups is 1. The molecule has 2 heterocycles. The molecule has 4 heteroatoms. The molecule has 36 heavy (non-hydrogen) atoms. The summed E-state index contributed by atoms with van der Waals surface area (Å²) >= 11 is 1.74. The first-order valence-corrected chi connectivity index (χ1v) is 13.2. The molecule has 1 aliphatic heterocycles. The van der Waals surface area contributed by atoms with Crippen LogP contribution in [0.25, 0.3) is 43.7 Å². The lowest BCUT2D eigenvalue weighted by atomic mass is 9.95. The topological polar surface area (TPSA) is 36.1 Å². The number of hydrogen-bond donors (Lipinski definition) is 1. The number of hydrogen-bond acceptors (Lipinski definition) is 2. The predicted molar refractivity (Wildman–Crippen MR) is 152 cm³/mol. The highest BCUT2D eigenvalue weighted by molar-refractivity contribution is 8.01. The number of rotatable bonds is 3. The number of thioether (sulfide) groups is 1. The van der Waals surface area contributed by atoms with Crippen LogP contribution in [0.4, 0.5) is 5.69 Å². The van der Waals surface area contributed by atoms with Crippen molar-refractivity contribution >= 4 is 55.8 Å². The van der Waals surface area contributed by atoms with Gasteiger partial charge in [-0.1, -0.05) is 97.1 Å². The molecule has 2 atom stereocenters. The number of nitrogens with one attached hydrogen (secondary N) is 1. The first-order valence-electron chi connectivity index (χ1n) is 12.3. The van der Waals surface area contributed by atoms with Crippen LogP contribution in [0.5, 0.6) is 0 Å². The van der Waals surface area contributed by atoms with Gasteiger partial charge in [0.25, 0.3) is 0 Å². The third-order valence-corrected chi connectivity index (χ3v) is 8.51. The number of fused-ring (bicyclic) bond motifs is 3. The lowest BCUT2D eigenvalue weighted by molar-refractivity contribution is -0.117. The van der Waals surface area contributed by atoms with E-state index in [9.17, 15) is 4.79 Å². The van der Waals surface area contributed by atoms with Gasteiger partial charge in [0.1, 0.15) is 5.37 Å². The van der Waals surface area contributed by atoms with Gasteiger partial charge in [0.05, 0.1) is 16.6 Å². The number of para-hydroxylation sites is 1. The quantitative estimate of drug-likeness (QED) is 0.256. The molecule has 174 valence electrons. The fourth-order valence-corrected chi connectivity index (χ4v) is 6.89. The highest BCUT2D eigenvalue weighted by Crippen LogP contribution is 2.52. The Labute approximate surface area is 213 Å². The average molecular weight is 485 g/mol. The van der Waals surface area contributed by atoms with Crippen LogP contribution in [-0.4, -0.2) is 16.1 Å². The fraction of sp³-hybridized carbons (Fsp3) is 0.0938. The van der Waals surface area contributed by atoms with Crippen molar-refractivity contribution in [3.63, 3.8) is 0 Å². The second-order valence-electron chi connectivity index (χ2n) is 9.33. The molecular formula is C32H24N2OS. The Morgan fingerprint density at radius 2 is 1.31 bits per heavy atom. The summed E-state index contributed by atoms with van der Waals surface area (Å²) in [6.45, 7) is 2.03. The van der Waals surface area contributed by atoms with E-state index in [1.54, 1.807) is 11.8 Å². The standard InChI is InChI=1S/C32H24N2OS/c1-20-31(35)34(30-26-17-9-10-18-27(26)33-29(30)21-11-3-2-4-12-21)32(36-20)28-24-15-7-5-13-22(24)19-23-14-6-8-16-25(23)28/h2-20,32-33H,1H3. The van der Waals surface area contributed by atoms with Crippen molar-refractivity contribution in [1.82, 2.24) is 4.98 Å². The third-order valence-electron chi connectivity index (χ3n) is 7.19.